The number of nitrogens with zero attached hydrogens (tertiary/aromatic N) is 3. The number of hydrogen-bond donors (Lipinski definition) is 2. The first-order valence-corrected chi connectivity index (χ1v) is 9.08. The predicted octanol–water partition coefficient (Wildman–Crippen LogP) is 1.57. The van der Waals surface area contributed by atoms with Gasteiger partial charge in [0.25, 0.3) is 0 Å². The average Bonchev–Trinajstić information content (AvgIpc) is 3.08. The van der Waals surface area contributed by atoms with Crippen LogP contribution in [0.4, 0.5) is 5.69 Å². The molecule has 1 aromatic carbocycles. The van der Waals surface area contributed by atoms with Crippen molar-refractivity contribution < 1.29 is 9.53 Å². The number of amides is 1. The van der Waals surface area contributed by atoms with Gasteiger partial charge in [-0.3, -0.25) is 9.79 Å². The summed E-state index contributed by atoms with van der Waals surface area (Å²) < 4.78 is 5.45. The lowest BCUT2D eigenvalue weighted by atomic mass is 10.2. The van der Waals surface area contributed by atoms with Gasteiger partial charge in [0, 0.05) is 58.3 Å². The van der Waals surface area contributed by atoms with Gasteiger partial charge < -0.3 is 25.2 Å². The van der Waals surface area contributed by atoms with Gasteiger partial charge in [-0.05, 0) is 24.6 Å². The van der Waals surface area contributed by atoms with Gasteiger partial charge in [-0.15, -0.1) is 0 Å². The van der Waals surface area contributed by atoms with Crippen LogP contribution in [0.2, 0.25) is 5.02 Å². The molecule has 0 radical (unpaired) electrons. The first-order valence-electron chi connectivity index (χ1n) is 8.70. The topological polar surface area (TPSA) is 69.2 Å². The second-order valence-electron chi connectivity index (χ2n) is 6.43. The minimum absolute atomic E-state index is 0.0908. The lowest BCUT2D eigenvalue weighted by Crippen LogP contribution is -2.45. The van der Waals surface area contributed by atoms with Crippen LogP contribution in [-0.4, -0.2) is 70.7 Å². The number of carbonyl (C=O) groups excluding carboxylic acids is 1. The summed E-state index contributed by atoms with van der Waals surface area (Å²) in [5.74, 6) is 1.62. The Hall–Kier alpha value is -2.15. The number of hydrogen-bond acceptors (Lipinski definition) is 4. The number of ether oxygens (including phenoxy) is 1. The molecule has 0 saturated carbocycles. The third kappa shape index (κ3) is 5.42. The molecule has 1 atom stereocenters. The second-order valence-corrected chi connectivity index (χ2v) is 6.87. The van der Waals surface area contributed by atoms with Gasteiger partial charge in [0.1, 0.15) is 5.75 Å². The highest BCUT2D eigenvalue weighted by molar-refractivity contribution is 6.30. The van der Waals surface area contributed by atoms with Crippen molar-refractivity contribution in [1.29, 1.82) is 0 Å². The molecule has 2 rings (SSSR count). The quantitative estimate of drug-likeness (QED) is 0.578. The van der Waals surface area contributed by atoms with E-state index in [1.165, 1.54) is 0 Å². The van der Waals surface area contributed by atoms with Gasteiger partial charge in [-0.2, -0.15) is 0 Å². The van der Waals surface area contributed by atoms with E-state index in [0.29, 0.717) is 23.9 Å². The van der Waals surface area contributed by atoms with Gasteiger partial charge in [-0.1, -0.05) is 11.6 Å². The highest BCUT2D eigenvalue weighted by atomic mass is 35.5. The van der Waals surface area contributed by atoms with Gasteiger partial charge in [0.2, 0.25) is 5.91 Å². The van der Waals surface area contributed by atoms with Crippen LogP contribution in [0.15, 0.2) is 23.2 Å². The largest absolute Gasteiger partial charge is 0.495 e. The fraction of sp³-hybridized carbons (Fsp3) is 0.556. The summed E-state index contributed by atoms with van der Waals surface area (Å²) in [7, 11) is 6.91. The highest BCUT2D eigenvalue weighted by Crippen LogP contribution is 2.33. The van der Waals surface area contributed by atoms with Crippen molar-refractivity contribution in [2.75, 3.05) is 52.8 Å². The summed E-state index contributed by atoms with van der Waals surface area (Å²) in [5, 5.41) is 7.31. The van der Waals surface area contributed by atoms with Gasteiger partial charge in [-0.25, -0.2) is 0 Å². The predicted molar refractivity (Wildman–Crippen MR) is 106 cm³/mol. The fourth-order valence-electron chi connectivity index (χ4n) is 2.91. The molecule has 1 aliphatic heterocycles. The molecule has 0 aromatic heterocycles. The summed E-state index contributed by atoms with van der Waals surface area (Å²) in [6.45, 7) is 2.29. The maximum atomic E-state index is 11.6. The van der Waals surface area contributed by atoms with Gasteiger partial charge >= 0.3 is 0 Å². The van der Waals surface area contributed by atoms with E-state index in [0.717, 1.165) is 30.9 Å². The number of methoxy groups -OCH3 is 1. The molecular weight excluding hydrogens is 354 g/mol. The molecule has 1 heterocycles. The van der Waals surface area contributed by atoms with Gasteiger partial charge in [0.05, 0.1) is 12.8 Å². The lowest BCUT2D eigenvalue weighted by molar-refractivity contribution is -0.128. The van der Waals surface area contributed by atoms with Crippen LogP contribution in [0.1, 0.15) is 12.8 Å². The normalized spacial score (nSPS) is 17.2. The Morgan fingerprint density at radius 1 is 1.46 bits per heavy atom. The minimum atomic E-state index is 0.0908. The standard InChI is InChI=1S/C18H28ClN5O2/c1-20-18(21-9-7-17(25)23(2)3)22-14-8-10-24(12-14)15-11-13(19)5-6-16(15)26-4/h5-6,11,14H,7-10,12H2,1-4H3,(H2,20,21,22). The van der Waals surface area contributed by atoms with Crippen LogP contribution in [0.25, 0.3) is 0 Å². The number of rotatable bonds is 6. The summed E-state index contributed by atoms with van der Waals surface area (Å²) in [4.78, 5) is 19.7. The molecule has 1 saturated heterocycles. The SMILES string of the molecule is CN=C(NCCC(=O)N(C)C)NC1CCN(c2cc(Cl)ccc2OC)C1. The van der Waals surface area contributed by atoms with E-state index in [2.05, 4.69) is 20.5 Å². The zero-order chi connectivity index (χ0) is 19.1. The van der Waals surface area contributed by atoms with Crippen molar-refractivity contribution in [1.82, 2.24) is 15.5 Å². The van der Waals surface area contributed by atoms with Crippen LogP contribution in [0, 0.1) is 0 Å². The average molecular weight is 382 g/mol. The second kappa shape index (κ2) is 9.52. The molecular formula is C18H28ClN5O2. The highest BCUT2D eigenvalue weighted by Gasteiger charge is 2.25. The molecule has 1 aliphatic rings. The molecule has 1 fully saturated rings. The molecule has 1 amide bonds. The molecule has 1 aromatic rings. The molecule has 144 valence electrons. The minimum Gasteiger partial charge on any atom is -0.495 e. The number of halogens is 1. The third-order valence-corrected chi connectivity index (χ3v) is 4.60. The number of anilines is 1. The first-order chi connectivity index (χ1) is 12.4. The molecule has 0 aliphatic carbocycles. The Morgan fingerprint density at radius 2 is 2.23 bits per heavy atom. The van der Waals surface area contributed by atoms with Crippen LogP contribution >= 0.6 is 11.6 Å². The molecule has 8 heteroatoms. The van der Waals surface area contributed by atoms with Crippen molar-refractivity contribution in [3.8, 4) is 5.75 Å². The molecule has 1 unspecified atom stereocenters. The van der Waals surface area contributed by atoms with Crippen molar-refractivity contribution in [2.45, 2.75) is 18.9 Å². The van der Waals surface area contributed by atoms with E-state index in [9.17, 15) is 4.79 Å². The fourth-order valence-corrected chi connectivity index (χ4v) is 3.07. The smallest absolute Gasteiger partial charge is 0.223 e. The van der Waals surface area contributed by atoms with Crippen LogP contribution < -0.4 is 20.3 Å². The van der Waals surface area contributed by atoms with Crippen LogP contribution in [-0.2, 0) is 4.79 Å². The van der Waals surface area contributed by atoms with E-state index in [4.69, 9.17) is 16.3 Å². The third-order valence-electron chi connectivity index (χ3n) is 4.36. The van der Waals surface area contributed by atoms with Crippen molar-refractivity contribution in [3.05, 3.63) is 23.2 Å². The maximum absolute atomic E-state index is 11.6. The van der Waals surface area contributed by atoms with Crippen LogP contribution in [0.3, 0.4) is 0 Å². The van der Waals surface area contributed by atoms with E-state index in [1.807, 2.05) is 18.2 Å². The monoisotopic (exact) mass is 381 g/mol. The first kappa shape index (κ1) is 20.2. The van der Waals surface area contributed by atoms with Crippen LogP contribution in [0.5, 0.6) is 5.75 Å². The summed E-state index contributed by atoms with van der Waals surface area (Å²) >= 11 is 6.14. The summed E-state index contributed by atoms with van der Waals surface area (Å²) in [5.41, 5.74) is 1.00. The lowest BCUT2D eigenvalue weighted by Gasteiger charge is -2.22. The van der Waals surface area contributed by atoms with E-state index in [1.54, 1.807) is 33.2 Å². The molecule has 26 heavy (non-hydrogen) atoms. The number of aliphatic imine (C=N–C) groups is 1. The molecule has 7 nitrogen and oxygen atoms in total. The number of carbonyl (C=O) groups is 1. The zero-order valence-corrected chi connectivity index (χ0v) is 16.6. The number of benzene rings is 1. The Morgan fingerprint density at radius 3 is 2.88 bits per heavy atom. The Balaban J connectivity index is 1.88. The zero-order valence-electron chi connectivity index (χ0n) is 15.9. The van der Waals surface area contributed by atoms with Crippen molar-refractivity contribution >= 4 is 29.2 Å². The molecule has 2 N–H and O–H groups in total. The molecule has 0 bridgehead atoms. The Bertz CT molecular complexity index is 650. The van der Waals surface area contributed by atoms with Crippen molar-refractivity contribution in [3.63, 3.8) is 0 Å². The van der Waals surface area contributed by atoms with E-state index >= 15 is 0 Å². The molecule has 0 spiro atoms. The van der Waals surface area contributed by atoms with Crippen molar-refractivity contribution in [2.24, 2.45) is 4.99 Å². The van der Waals surface area contributed by atoms with Gasteiger partial charge in [0.15, 0.2) is 5.96 Å². The van der Waals surface area contributed by atoms with E-state index in [-0.39, 0.29) is 11.9 Å². The number of nitrogens with one attached hydrogen (secondary N) is 2. The summed E-state index contributed by atoms with van der Waals surface area (Å²) in [6, 6.07) is 5.91. The Labute approximate surface area is 160 Å². The number of guanidine groups is 1. The summed E-state index contributed by atoms with van der Waals surface area (Å²) in [6.07, 6.45) is 1.41. The maximum Gasteiger partial charge on any atom is 0.223 e. The Kier molecular flexibility index (Phi) is 7.38. The van der Waals surface area contributed by atoms with E-state index < -0.39 is 0 Å².